The number of fused-ring (bicyclic) bond motifs is 1. The molecule has 6 heteroatoms. The molecule has 140 valence electrons. The molecule has 0 N–H and O–H groups in total. The first kappa shape index (κ1) is 17.7. The lowest BCUT2D eigenvalue weighted by Crippen LogP contribution is -2.19. The van der Waals surface area contributed by atoms with Gasteiger partial charge in [0.1, 0.15) is 6.54 Å². The Morgan fingerprint density at radius 2 is 2.11 bits per heavy atom. The molecule has 0 saturated carbocycles. The number of hydrogen-bond donors (Lipinski definition) is 0. The third-order valence-electron chi connectivity index (χ3n) is 5.34. The smallest absolute Gasteiger partial charge is 0.207 e. The molecule has 0 radical (unpaired) electrons. The van der Waals surface area contributed by atoms with Crippen molar-refractivity contribution in [2.24, 2.45) is 0 Å². The van der Waals surface area contributed by atoms with Crippen LogP contribution in [0.4, 0.5) is 0 Å². The van der Waals surface area contributed by atoms with Gasteiger partial charge in [0.05, 0.1) is 17.8 Å². The summed E-state index contributed by atoms with van der Waals surface area (Å²) in [6.45, 7) is 5.70. The number of nitrogens with zero attached hydrogens (tertiary/aromatic N) is 3. The fourth-order valence-electron chi connectivity index (χ4n) is 3.86. The molecule has 1 atom stereocenters. The summed E-state index contributed by atoms with van der Waals surface area (Å²) in [5, 5.41) is 4.74. The number of Topliss-reactive ketones (excluding diaryl/α,β-unsaturated/α-hetero) is 1. The van der Waals surface area contributed by atoms with E-state index in [0.29, 0.717) is 16.5 Å². The maximum atomic E-state index is 13.0. The second kappa shape index (κ2) is 7.12. The Bertz CT molecular complexity index is 1060. The van der Waals surface area contributed by atoms with Crippen molar-refractivity contribution in [1.82, 2.24) is 14.3 Å². The largest absolute Gasteiger partial charge is 0.376 e. The van der Waals surface area contributed by atoms with Crippen LogP contribution in [0.25, 0.3) is 10.9 Å². The van der Waals surface area contributed by atoms with Crippen LogP contribution < -0.4 is 5.43 Å². The summed E-state index contributed by atoms with van der Waals surface area (Å²) < 4.78 is 9.51. The first-order chi connectivity index (χ1) is 13.0. The van der Waals surface area contributed by atoms with Gasteiger partial charge >= 0.3 is 0 Å². The van der Waals surface area contributed by atoms with E-state index in [1.165, 1.54) is 6.20 Å². The van der Waals surface area contributed by atoms with E-state index in [0.717, 1.165) is 37.4 Å². The van der Waals surface area contributed by atoms with Crippen LogP contribution in [-0.2, 0) is 17.8 Å². The normalized spacial score (nSPS) is 16.9. The van der Waals surface area contributed by atoms with Gasteiger partial charge in [-0.3, -0.25) is 14.3 Å². The van der Waals surface area contributed by atoms with Gasteiger partial charge in [0.2, 0.25) is 5.43 Å². The van der Waals surface area contributed by atoms with Gasteiger partial charge in [0.15, 0.2) is 5.78 Å². The molecule has 1 unspecified atom stereocenters. The quantitative estimate of drug-likeness (QED) is 0.652. The molecule has 0 aliphatic carbocycles. The molecule has 1 fully saturated rings. The highest BCUT2D eigenvalue weighted by atomic mass is 16.5. The Kier molecular flexibility index (Phi) is 4.66. The summed E-state index contributed by atoms with van der Waals surface area (Å²) in [5.41, 5.74) is 3.26. The lowest BCUT2D eigenvalue weighted by molar-refractivity contribution is 0.0947. The van der Waals surface area contributed by atoms with E-state index in [9.17, 15) is 9.59 Å². The van der Waals surface area contributed by atoms with Crippen LogP contribution in [-0.4, -0.2) is 32.8 Å². The van der Waals surface area contributed by atoms with Crippen LogP contribution in [0.3, 0.4) is 0 Å². The predicted octanol–water partition coefficient (Wildman–Crippen LogP) is 2.88. The van der Waals surface area contributed by atoms with Crippen LogP contribution >= 0.6 is 0 Å². The van der Waals surface area contributed by atoms with E-state index in [-0.39, 0.29) is 23.9 Å². The molecule has 1 aromatic carbocycles. The molecule has 2 aromatic heterocycles. The zero-order chi connectivity index (χ0) is 19.0. The van der Waals surface area contributed by atoms with E-state index < -0.39 is 0 Å². The average molecular weight is 365 g/mol. The Labute approximate surface area is 157 Å². The highest BCUT2D eigenvalue weighted by molar-refractivity contribution is 5.98. The highest BCUT2D eigenvalue weighted by Crippen LogP contribution is 2.21. The number of ether oxygens (including phenoxy) is 1. The second-order valence-electron chi connectivity index (χ2n) is 7.14. The number of ketones is 1. The van der Waals surface area contributed by atoms with Gasteiger partial charge in [-0.2, -0.15) is 5.10 Å². The third-order valence-corrected chi connectivity index (χ3v) is 5.34. The lowest BCUT2D eigenvalue weighted by Gasteiger charge is -2.15. The maximum Gasteiger partial charge on any atom is 0.207 e. The van der Waals surface area contributed by atoms with E-state index in [2.05, 4.69) is 9.67 Å². The van der Waals surface area contributed by atoms with Crippen LogP contribution in [0.1, 0.15) is 34.6 Å². The van der Waals surface area contributed by atoms with Gasteiger partial charge in [0, 0.05) is 35.5 Å². The number of benzene rings is 1. The minimum Gasteiger partial charge on any atom is -0.376 e. The number of aryl methyl sites for hydroxylation is 1. The van der Waals surface area contributed by atoms with Crippen LogP contribution in [0.5, 0.6) is 0 Å². The molecule has 0 bridgehead atoms. The molecule has 0 amide bonds. The van der Waals surface area contributed by atoms with Gasteiger partial charge in [-0.15, -0.1) is 0 Å². The Hall–Kier alpha value is -2.73. The average Bonchev–Trinajstić information content (AvgIpc) is 3.28. The summed E-state index contributed by atoms with van der Waals surface area (Å²) in [7, 11) is 0. The SMILES string of the molecule is Cc1cc(C(=O)Cn2ncc(=O)c3ccccc32)c(C)n1CC1CCCO1. The maximum absolute atomic E-state index is 13.0. The molecular weight excluding hydrogens is 342 g/mol. The van der Waals surface area contributed by atoms with E-state index in [1.54, 1.807) is 10.7 Å². The summed E-state index contributed by atoms with van der Waals surface area (Å²) in [4.78, 5) is 25.0. The van der Waals surface area contributed by atoms with Crippen LogP contribution in [0.15, 0.2) is 41.3 Å². The van der Waals surface area contributed by atoms with Crippen molar-refractivity contribution in [3.05, 3.63) is 63.7 Å². The molecule has 3 aromatic rings. The Morgan fingerprint density at radius 1 is 1.30 bits per heavy atom. The number of hydrogen-bond acceptors (Lipinski definition) is 4. The number of aromatic nitrogens is 3. The second-order valence-corrected chi connectivity index (χ2v) is 7.14. The van der Waals surface area contributed by atoms with E-state index in [1.807, 2.05) is 38.1 Å². The summed E-state index contributed by atoms with van der Waals surface area (Å²) in [6.07, 6.45) is 3.66. The number of carbonyl (C=O) groups is 1. The highest BCUT2D eigenvalue weighted by Gasteiger charge is 2.21. The standard InChI is InChI=1S/C21H23N3O3/c1-14-10-18(15(2)23(14)12-16-6-5-9-27-16)21(26)13-24-19-8-4-3-7-17(19)20(25)11-22-24/h3-4,7-8,10-11,16H,5-6,9,12-13H2,1-2H3. The summed E-state index contributed by atoms with van der Waals surface area (Å²) >= 11 is 0. The molecule has 4 rings (SSSR count). The van der Waals surface area contributed by atoms with Crippen molar-refractivity contribution in [3.63, 3.8) is 0 Å². The van der Waals surface area contributed by atoms with Crippen molar-refractivity contribution in [2.45, 2.75) is 45.9 Å². The summed E-state index contributed by atoms with van der Waals surface area (Å²) in [6, 6.07) is 9.18. The van der Waals surface area contributed by atoms with Gasteiger partial charge in [0.25, 0.3) is 0 Å². The van der Waals surface area contributed by atoms with Gasteiger partial charge < -0.3 is 9.30 Å². The zero-order valence-corrected chi connectivity index (χ0v) is 15.6. The third kappa shape index (κ3) is 3.32. The molecule has 1 aliphatic rings. The van der Waals surface area contributed by atoms with Gasteiger partial charge in [-0.05, 0) is 44.9 Å². The fourth-order valence-corrected chi connectivity index (χ4v) is 3.86. The number of para-hydroxylation sites is 1. The topological polar surface area (TPSA) is 66.1 Å². The molecule has 27 heavy (non-hydrogen) atoms. The van der Waals surface area contributed by atoms with Crippen molar-refractivity contribution < 1.29 is 9.53 Å². The van der Waals surface area contributed by atoms with Crippen molar-refractivity contribution >= 4 is 16.7 Å². The first-order valence-corrected chi connectivity index (χ1v) is 9.31. The summed E-state index contributed by atoms with van der Waals surface area (Å²) in [5.74, 6) is -0.0111. The minimum atomic E-state index is -0.135. The molecule has 1 saturated heterocycles. The van der Waals surface area contributed by atoms with Gasteiger partial charge in [-0.1, -0.05) is 12.1 Å². The molecule has 6 nitrogen and oxygen atoms in total. The Balaban J connectivity index is 1.62. The molecular formula is C21H23N3O3. The van der Waals surface area contributed by atoms with Crippen molar-refractivity contribution in [1.29, 1.82) is 0 Å². The minimum absolute atomic E-state index is 0.0111. The van der Waals surface area contributed by atoms with Crippen LogP contribution in [0.2, 0.25) is 0 Å². The van der Waals surface area contributed by atoms with E-state index in [4.69, 9.17) is 4.74 Å². The van der Waals surface area contributed by atoms with Crippen molar-refractivity contribution in [3.8, 4) is 0 Å². The van der Waals surface area contributed by atoms with E-state index >= 15 is 0 Å². The van der Waals surface area contributed by atoms with Crippen molar-refractivity contribution in [2.75, 3.05) is 6.61 Å². The molecule has 0 spiro atoms. The first-order valence-electron chi connectivity index (χ1n) is 9.31. The monoisotopic (exact) mass is 365 g/mol. The fraction of sp³-hybridized carbons (Fsp3) is 0.381. The molecule has 1 aliphatic heterocycles. The van der Waals surface area contributed by atoms with Crippen LogP contribution in [0, 0.1) is 13.8 Å². The number of rotatable bonds is 5. The zero-order valence-electron chi connectivity index (χ0n) is 15.6. The predicted molar refractivity (Wildman–Crippen MR) is 103 cm³/mol. The lowest BCUT2D eigenvalue weighted by atomic mass is 10.1. The molecule has 3 heterocycles. The number of carbonyl (C=O) groups excluding carboxylic acids is 1. The Morgan fingerprint density at radius 3 is 2.89 bits per heavy atom. The van der Waals surface area contributed by atoms with Gasteiger partial charge in [-0.25, -0.2) is 0 Å².